The Morgan fingerprint density at radius 3 is 2.60 bits per heavy atom. The minimum atomic E-state index is 0. The molecule has 1 aliphatic carbocycles. The molecule has 0 saturated heterocycles. The van der Waals surface area contributed by atoms with Crippen molar-refractivity contribution in [2.45, 2.75) is 37.5 Å². The summed E-state index contributed by atoms with van der Waals surface area (Å²) in [5, 5.41) is 6.88. The summed E-state index contributed by atoms with van der Waals surface area (Å²) < 4.78 is 10.5. The first-order valence-corrected chi connectivity index (χ1v) is 8.82. The van der Waals surface area contributed by atoms with E-state index in [0.717, 1.165) is 37.8 Å². The first-order valence-electron chi connectivity index (χ1n) is 8.82. The van der Waals surface area contributed by atoms with Crippen LogP contribution in [0, 0.1) is 0 Å². The monoisotopic (exact) mass is 461 g/mol. The molecule has 1 fully saturated rings. The van der Waals surface area contributed by atoms with Gasteiger partial charge in [-0.15, -0.1) is 24.0 Å². The predicted octanol–water partition coefficient (Wildman–Crippen LogP) is 3.33. The van der Waals surface area contributed by atoms with Crippen LogP contribution in [0.2, 0.25) is 0 Å². The quantitative estimate of drug-likeness (QED) is 0.270. The lowest BCUT2D eigenvalue weighted by molar-refractivity contribution is 0.195. The van der Waals surface area contributed by atoms with Crippen molar-refractivity contribution in [2.75, 3.05) is 41.0 Å². The van der Waals surface area contributed by atoms with Crippen molar-refractivity contribution in [1.82, 2.24) is 10.6 Å². The third kappa shape index (κ3) is 6.33. The number of benzene rings is 1. The van der Waals surface area contributed by atoms with Gasteiger partial charge in [0.15, 0.2) is 5.96 Å². The van der Waals surface area contributed by atoms with Gasteiger partial charge in [-0.2, -0.15) is 0 Å². The molecule has 0 aromatic heterocycles. The van der Waals surface area contributed by atoms with Gasteiger partial charge in [0.2, 0.25) is 0 Å². The van der Waals surface area contributed by atoms with Crippen molar-refractivity contribution in [3.8, 4) is 5.75 Å². The van der Waals surface area contributed by atoms with Gasteiger partial charge in [-0.1, -0.05) is 25.0 Å². The number of nitrogens with zero attached hydrogens (tertiary/aromatic N) is 1. The Kier molecular flexibility index (Phi) is 10.2. The Balaban J connectivity index is 0.00000312. The van der Waals surface area contributed by atoms with Crippen LogP contribution in [0.3, 0.4) is 0 Å². The smallest absolute Gasteiger partial charge is 0.191 e. The van der Waals surface area contributed by atoms with E-state index in [2.05, 4.69) is 33.8 Å². The normalized spacial score (nSPS) is 16.2. The molecule has 142 valence electrons. The standard InChI is InChI=1S/C19H31N3O2.HI/c1-20-18(21-12-7-13-23-2)22-15-19(10-4-5-11-19)16-8-6-9-17(14-16)24-3;/h6,8-9,14H,4-5,7,10-13,15H2,1-3H3,(H2,20,21,22);1H. The first-order chi connectivity index (χ1) is 11.7. The highest BCUT2D eigenvalue weighted by Gasteiger charge is 2.35. The first kappa shape index (κ1) is 22.0. The van der Waals surface area contributed by atoms with Crippen LogP contribution in [0.4, 0.5) is 0 Å². The van der Waals surface area contributed by atoms with Gasteiger partial charge < -0.3 is 20.1 Å². The Labute approximate surface area is 169 Å². The Morgan fingerprint density at radius 1 is 1.20 bits per heavy atom. The molecule has 1 aromatic rings. The van der Waals surface area contributed by atoms with Gasteiger partial charge in [0.05, 0.1) is 7.11 Å². The number of halogens is 1. The van der Waals surface area contributed by atoms with Crippen LogP contribution >= 0.6 is 24.0 Å². The van der Waals surface area contributed by atoms with E-state index < -0.39 is 0 Å². The van der Waals surface area contributed by atoms with Crippen molar-refractivity contribution >= 4 is 29.9 Å². The van der Waals surface area contributed by atoms with Crippen LogP contribution in [0.1, 0.15) is 37.7 Å². The molecule has 0 radical (unpaired) electrons. The maximum absolute atomic E-state index is 5.41. The molecule has 0 atom stereocenters. The lowest BCUT2D eigenvalue weighted by Crippen LogP contribution is -2.45. The van der Waals surface area contributed by atoms with E-state index in [4.69, 9.17) is 9.47 Å². The van der Waals surface area contributed by atoms with E-state index >= 15 is 0 Å². The van der Waals surface area contributed by atoms with Crippen molar-refractivity contribution in [3.05, 3.63) is 29.8 Å². The van der Waals surface area contributed by atoms with Gasteiger partial charge in [-0.25, -0.2) is 0 Å². The van der Waals surface area contributed by atoms with Crippen molar-refractivity contribution in [1.29, 1.82) is 0 Å². The van der Waals surface area contributed by atoms with Crippen LogP contribution in [0.5, 0.6) is 5.75 Å². The number of aliphatic imine (C=N–C) groups is 1. The largest absolute Gasteiger partial charge is 0.497 e. The molecule has 5 nitrogen and oxygen atoms in total. The van der Waals surface area contributed by atoms with Crippen molar-refractivity contribution < 1.29 is 9.47 Å². The summed E-state index contributed by atoms with van der Waals surface area (Å²) >= 11 is 0. The summed E-state index contributed by atoms with van der Waals surface area (Å²) in [6, 6.07) is 8.51. The van der Waals surface area contributed by atoms with Crippen molar-refractivity contribution in [3.63, 3.8) is 0 Å². The number of ether oxygens (including phenoxy) is 2. The minimum absolute atomic E-state index is 0. The number of methoxy groups -OCH3 is 2. The molecule has 0 bridgehead atoms. The third-order valence-corrected chi connectivity index (χ3v) is 4.88. The Morgan fingerprint density at radius 2 is 1.96 bits per heavy atom. The molecule has 25 heavy (non-hydrogen) atoms. The maximum atomic E-state index is 5.41. The predicted molar refractivity (Wildman–Crippen MR) is 114 cm³/mol. The molecule has 0 amide bonds. The van der Waals surface area contributed by atoms with Crippen LogP contribution in [0.25, 0.3) is 0 Å². The zero-order chi connectivity index (χ0) is 17.3. The summed E-state index contributed by atoms with van der Waals surface area (Å²) in [4.78, 5) is 4.33. The van der Waals surface area contributed by atoms with Crippen LogP contribution in [-0.4, -0.2) is 46.9 Å². The number of rotatable bonds is 8. The summed E-state index contributed by atoms with van der Waals surface area (Å²) in [6.45, 7) is 2.52. The molecule has 1 aliphatic rings. The van der Waals surface area contributed by atoms with E-state index in [1.54, 1.807) is 14.2 Å². The maximum Gasteiger partial charge on any atom is 0.191 e. The number of hydrogen-bond acceptors (Lipinski definition) is 3. The van der Waals surface area contributed by atoms with Crippen molar-refractivity contribution in [2.24, 2.45) is 4.99 Å². The summed E-state index contributed by atoms with van der Waals surface area (Å²) in [7, 11) is 5.27. The second-order valence-corrected chi connectivity index (χ2v) is 6.42. The molecule has 1 saturated carbocycles. The fourth-order valence-electron chi connectivity index (χ4n) is 3.47. The van der Waals surface area contributed by atoms with E-state index in [1.165, 1.54) is 31.2 Å². The lowest BCUT2D eigenvalue weighted by atomic mass is 9.78. The van der Waals surface area contributed by atoms with Gasteiger partial charge in [-0.05, 0) is 37.0 Å². The van der Waals surface area contributed by atoms with Gasteiger partial charge in [0, 0.05) is 39.3 Å². The minimum Gasteiger partial charge on any atom is -0.497 e. The molecular formula is C19H32IN3O2. The SMILES string of the molecule is CN=C(NCCCOC)NCC1(c2cccc(OC)c2)CCCC1.I. The number of nitrogens with one attached hydrogen (secondary N) is 2. The van der Waals surface area contributed by atoms with E-state index in [-0.39, 0.29) is 29.4 Å². The number of guanidine groups is 1. The summed E-state index contributed by atoms with van der Waals surface area (Å²) in [5.74, 6) is 1.79. The van der Waals surface area contributed by atoms with E-state index in [1.807, 2.05) is 13.1 Å². The van der Waals surface area contributed by atoms with Gasteiger partial charge in [-0.3, -0.25) is 4.99 Å². The zero-order valence-electron chi connectivity index (χ0n) is 15.6. The molecule has 0 spiro atoms. The average Bonchev–Trinajstić information content (AvgIpc) is 3.11. The summed E-state index contributed by atoms with van der Waals surface area (Å²) in [5.41, 5.74) is 1.53. The fraction of sp³-hybridized carbons (Fsp3) is 0.632. The van der Waals surface area contributed by atoms with Crippen LogP contribution in [-0.2, 0) is 10.2 Å². The molecule has 1 aromatic carbocycles. The second-order valence-electron chi connectivity index (χ2n) is 6.42. The molecule has 2 rings (SSSR count). The Bertz CT molecular complexity index is 531. The van der Waals surface area contributed by atoms with Gasteiger partial charge in [0.1, 0.15) is 5.75 Å². The molecule has 0 aliphatic heterocycles. The topological polar surface area (TPSA) is 54.9 Å². The van der Waals surface area contributed by atoms with Crippen LogP contribution < -0.4 is 15.4 Å². The van der Waals surface area contributed by atoms with E-state index in [0.29, 0.717) is 0 Å². The highest BCUT2D eigenvalue weighted by atomic mass is 127. The average molecular weight is 461 g/mol. The molecule has 2 N–H and O–H groups in total. The second kappa shape index (κ2) is 11.6. The molecule has 0 unspecified atom stereocenters. The van der Waals surface area contributed by atoms with Gasteiger partial charge >= 0.3 is 0 Å². The Hall–Kier alpha value is -1.02. The lowest BCUT2D eigenvalue weighted by Gasteiger charge is -2.31. The van der Waals surface area contributed by atoms with Crippen LogP contribution in [0.15, 0.2) is 29.3 Å². The molecule has 6 heteroatoms. The fourth-order valence-corrected chi connectivity index (χ4v) is 3.47. The highest BCUT2D eigenvalue weighted by Crippen LogP contribution is 2.41. The van der Waals surface area contributed by atoms with E-state index in [9.17, 15) is 0 Å². The third-order valence-electron chi connectivity index (χ3n) is 4.88. The molecule has 0 heterocycles. The summed E-state index contributed by atoms with van der Waals surface area (Å²) in [6.07, 6.45) is 5.93. The highest BCUT2D eigenvalue weighted by molar-refractivity contribution is 14.0. The van der Waals surface area contributed by atoms with Gasteiger partial charge in [0.25, 0.3) is 0 Å². The zero-order valence-corrected chi connectivity index (χ0v) is 18.0. The molecular weight excluding hydrogens is 429 g/mol. The number of hydrogen-bond donors (Lipinski definition) is 2.